The molecule has 0 atom stereocenters. The van der Waals surface area contributed by atoms with Crippen LogP contribution in [0.1, 0.15) is 24.5 Å². The topological polar surface area (TPSA) is 110 Å². The van der Waals surface area contributed by atoms with E-state index in [1.807, 2.05) is 68.4 Å². The van der Waals surface area contributed by atoms with Crippen LogP contribution in [0.25, 0.3) is 0 Å². The van der Waals surface area contributed by atoms with Gasteiger partial charge in [0, 0.05) is 5.69 Å². The smallest absolute Gasteiger partial charge is 0.264 e. The highest BCUT2D eigenvalue weighted by Crippen LogP contribution is 2.18. The van der Waals surface area contributed by atoms with Crippen molar-refractivity contribution in [1.29, 1.82) is 0 Å². The lowest BCUT2D eigenvalue weighted by atomic mass is 10.1. The summed E-state index contributed by atoms with van der Waals surface area (Å²) >= 11 is 1.20. The molecule has 0 aliphatic rings. The van der Waals surface area contributed by atoms with Gasteiger partial charge in [0.15, 0.2) is 0 Å². The number of nitrogens with one attached hydrogen (secondary N) is 2. The van der Waals surface area contributed by atoms with E-state index in [0.29, 0.717) is 11.1 Å². The fourth-order valence-corrected chi connectivity index (χ4v) is 3.23. The van der Waals surface area contributed by atoms with Gasteiger partial charge in [-0.3, -0.25) is 4.79 Å². The Kier molecular flexibility index (Phi) is 6.85. The fourth-order valence-electron chi connectivity index (χ4n) is 2.58. The number of amides is 1. The standard InChI is InChI=1S/C20H23N7OS/c1-3-16(15-10-5-4-6-11-15)23-24-19-25-26-20(27(19)21)29-13-18(28)22-17-12-8-7-9-14(17)2/h4-12H,3,13,21H2,1-2H3,(H,22,28)(H,24,25)/b23-16+. The lowest BCUT2D eigenvalue weighted by Gasteiger charge is -2.08. The third-order valence-corrected chi connectivity index (χ3v) is 5.09. The molecule has 2 aromatic carbocycles. The first-order valence-electron chi connectivity index (χ1n) is 9.15. The number of nitrogens with zero attached hydrogens (tertiary/aromatic N) is 4. The van der Waals surface area contributed by atoms with Gasteiger partial charge in [0.2, 0.25) is 11.1 Å². The monoisotopic (exact) mass is 409 g/mol. The van der Waals surface area contributed by atoms with Crippen molar-refractivity contribution in [3.05, 3.63) is 65.7 Å². The second kappa shape index (κ2) is 9.74. The van der Waals surface area contributed by atoms with Gasteiger partial charge < -0.3 is 11.2 Å². The summed E-state index contributed by atoms with van der Waals surface area (Å²) in [6, 6.07) is 17.5. The zero-order valence-electron chi connectivity index (χ0n) is 16.3. The quantitative estimate of drug-likeness (QED) is 0.228. The van der Waals surface area contributed by atoms with E-state index in [4.69, 9.17) is 5.84 Å². The second-order valence-electron chi connectivity index (χ2n) is 6.22. The van der Waals surface area contributed by atoms with Gasteiger partial charge >= 0.3 is 0 Å². The molecule has 0 spiro atoms. The van der Waals surface area contributed by atoms with Crippen LogP contribution < -0.4 is 16.6 Å². The van der Waals surface area contributed by atoms with E-state index in [-0.39, 0.29) is 11.7 Å². The molecular weight excluding hydrogens is 386 g/mol. The number of carbonyl (C=O) groups excluding carboxylic acids is 1. The minimum atomic E-state index is -0.142. The molecule has 0 saturated heterocycles. The summed E-state index contributed by atoms with van der Waals surface area (Å²) in [7, 11) is 0. The van der Waals surface area contributed by atoms with Crippen molar-refractivity contribution in [2.45, 2.75) is 25.4 Å². The van der Waals surface area contributed by atoms with Gasteiger partial charge in [-0.1, -0.05) is 67.2 Å². The summed E-state index contributed by atoms with van der Waals surface area (Å²) in [5.41, 5.74) is 6.54. The Morgan fingerprint density at radius 1 is 1.14 bits per heavy atom. The molecule has 0 bridgehead atoms. The van der Waals surface area contributed by atoms with E-state index in [9.17, 15) is 4.79 Å². The van der Waals surface area contributed by atoms with Crippen molar-refractivity contribution in [3.8, 4) is 0 Å². The lowest BCUT2D eigenvalue weighted by Crippen LogP contribution is -2.17. The normalized spacial score (nSPS) is 11.3. The predicted octanol–water partition coefficient (Wildman–Crippen LogP) is 3.26. The van der Waals surface area contributed by atoms with Gasteiger partial charge in [-0.15, -0.1) is 10.2 Å². The van der Waals surface area contributed by atoms with E-state index in [1.54, 1.807) is 0 Å². The molecule has 0 aliphatic heterocycles. The first-order chi connectivity index (χ1) is 14.1. The summed E-state index contributed by atoms with van der Waals surface area (Å²) in [6.07, 6.45) is 0.746. The highest BCUT2D eigenvalue weighted by molar-refractivity contribution is 7.99. The zero-order chi connectivity index (χ0) is 20.6. The van der Waals surface area contributed by atoms with Crippen molar-refractivity contribution < 1.29 is 4.79 Å². The maximum absolute atomic E-state index is 12.2. The van der Waals surface area contributed by atoms with Crippen molar-refractivity contribution >= 4 is 35.0 Å². The number of para-hydroxylation sites is 1. The summed E-state index contributed by atoms with van der Waals surface area (Å²) in [4.78, 5) is 12.2. The van der Waals surface area contributed by atoms with Crippen LogP contribution in [-0.4, -0.2) is 32.2 Å². The fraction of sp³-hybridized carbons (Fsp3) is 0.200. The number of benzene rings is 2. The van der Waals surface area contributed by atoms with Crippen molar-refractivity contribution in [2.75, 3.05) is 22.3 Å². The molecule has 3 aromatic rings. The van der Waals surface area contributed by atoms with E-state index >= 15 is 0 Å². The molecule has 1 heterocycles. The van der Waals surface area contributed by atoms with E-state index in [2.05, 4.69) is 26.0 Å². The summed E-state index contributed by atoms with van der Waals surface area (Å²) in [5, 5.41) is 15.7. The van der Waals surface area contributed by atoms with Crippen LogP contribution in [0, 0.1) is 6.92 Å². The van der Waals surface area contributed by atoms with Crippen molar-refractivity contribution in [1.82, 2.24) is 14.9 Å². The maximum atomic E-state index is 12.2. The first kappa shape index (κ1) is 20.4. The van der Waals surface area contributed by atoms with Crippen LogP contribution >= 0.6 is 11.8 Å². The van der Waals surface area contributed by atoms with E-state index < -0.39 is 0 Å². The Hall–Kier alpha value is -3.33. The highest BCUT2D eigenvalue weighted by atomic mass is 32.2. The Labute approximate surface area is 173 Å². The third kappa shape index (κ3) is 5.35. The molecule has 0 radical (unpaired) electrons. The molecule has 4 N–H and O–H groups in total. The number of aromatic nitrogens is 3. The summed E-state index contributed by atoms with van der Waals surface area (Å²) < 4.78 is 1.29. The number of carbonyl (C=O) groups is 1. The van der Waals surface area contributed by atoms with Gasteiger partial charge in [0.1, 0.15) is 0 Å². The molecule has 3 rings (SSSR count). The number of rotatable bonds is 8. The molecule has 150 valence electrons. The van der Waals surface area contributed by atoms with Gasteiger partial charge in [0.25, 0.3) is 5.95 Å². The largest absolute Gasteiger partial charge is 0.334 e. The van der Waals surface area contributed by atoms with Crippen LogP contribution in [0.4, 0.5) is 11.6 Å². The molecule has 0 saturated carbocycles. The molecule has 9 heteroatoms. The molecule has 1 aromatic heterocycles. The number of nitrogen functional groups attached to an aromatic ring is 1. The average molecular weight is 410 g/mol. The van der Waals surface area contributed by atoms with E-state index in [1.165, 1.54) is 16.4 Å². The molecule has 0 unspecified atom stereocenters. The van der Waals surface area contributed by atoms with Gasteiger partial charge in [-0.2, -0.15) is 5.10 Å². The maximum Gasteiger partial charge on any atom is 0.264 e. The summed E-state index contributed by atoms with van der Waals surface area (Å²) in [6.45, 7) is 3.97. The van der Waals surface area contributed by atoms with Crippen molar-refractivity contribution in [3.63, 3.8) is 0 Å². The zero-order valence-corrected chi connectivity index (χ0v) is 17.1. The average Bonchev–Trinajstić information content (AvgIpc) is 3.09. The molecule has 0 aliphatic carbocycles. The molecule has 1 amide bonds. The number of hydrazone groups is 1. The number of aryl methyl sites for hydroxylation is 1. The van der Waals surface area contributed by atoms with Gasteiger partial charge in [0.05, 0.1) is 11.5 Å². The number of thioether (sulfide) groups is 1. The SMILES string of the molecule is CC/C(=N\Nc1nnc(SCC(=O)Nc2ccccc2C)n1N)c1ccccc1. The van der Waals surface area contributed by atoms with Crippen LogP contribution in [-0.2, 0) is 4.79 Å². The lowest BCUT2D eigenvalue weighted by molar-refractivity contribution is -0.113. The first-order valence-corrected chi connectivity index (χ1v) is 10.1. The number of hydrogen-bond donors (Lipinski definition) is 3. The number of hydrogen-bond acceptors (Lipinski definition) is 7. The Morgan fingerprint density at radius 3 is 2.59 bits per heavy atom. The minimum Gasteiger partial charge on any atom is -0.334 e. The third-order valence-electron chi connectivity index (χ3n) is 4.15. The Balaban J connectivity index is 1.60. The van der Waals surface area contributed by atoms with Crippen LogP contribution in [0.5, 0.6) is 0 Å². The second-order valence-corrected chi connectivity index (χ2v) is 7.16. The molecule has 0 fully saturated rings. The molecule has 29 heavy (non-hydrogen) atoms. The highest BCUT2D eigenvalue weighted by Gasteiger charge is 2.13. The minimum absolute atomic E-state index is 0.142. The number of nitrogens with two attached hydrogens (primary N) is 1. The van der Waals surface area contributed by atoms with Crippen LogP contribution in [0.15, 0.2) is 64.9 Å². The number of anilines is 2. The van der Waals surface area contributed by atoms with Gasteiger partial charge in [-0.25, -0.2) is 10.1 Å². The van der Waals surface area contributed by atoms with E-state index in [0.717, 1.165) is 28.9 Å². The summed E-state index contributed by atoms with van der Waals surface area (Å²) in [5.74, 6) is 6.36. The van der Waals surface area contributed by atoms with Crippen molar-refractivity contribution in [2.24, 2.45) is 5.10 Å². The Morgan fingerprint density at radius 2 is 1.86 bits per heavy atom. The van der Waals surface area contributed by atoms with Crippen LogP contribution in [0.2, 0.25) is 0 Å². The molecular formula is C20H23N7OS. The Bertz CT molecular complexity index is 1000. The predicted molar refractivity (Wildman–Crippen MR) is 118 cm³/mol. The van der Waals surface area contributed by atoms with Gasteiger partial charge in [-0.05, 0) is 30.5 Å². The molecule has 8 nitrogen and oxygen atoms in total. The van der Waals surface area contributed by atoms with Crippen LogP contribution in [0.3, 0.4) is 0 Å².